The first kappa shape index (κ1) is 21.7. The van der Waals surface area contributed by atoms with Gasteiger partial charge in [0, 0.05) is 40.7 Å². The van der Waals surface area contributed by atoms with Gasteiger partial charge in [0.1, 0.15) is 5.82 Å². The van der Waals surface area contributed by atoms with E-state index in [1.54, 1.807) is 18.9 Å². The molecule has 1 saturated heterocycles. The molecule has 3 rings (SSSR count). The summed E-state index contributed by atoms with van der Waals surface area (Å²) in [5.74, 6) is 1.54. The van der Waals surface area contributed by atoms with E-state index in [0.29, 0.717) is 25.3 Å². The van der Waals surface area contributed by atoms with Crippen molar-refractivity contribution in [3.8, 4) is 0 Å². The molecule has 0 spiro atoms. The number of carbonyl (C=O) groups is 2. The number of piperidine rings is 1. The number of likely N-dealkylation sites (tertiary alicyclic amines) is 1. The second-order valence-corrected chi connectivity index (χ2v) is 8.11. The number of amides is 2. The molecule has 0 bridgehead atoms. The zero-order valence-electron chi connectivity index (χ0n) is 18.3. The average Bonchev–Trinajstić information content (AvgIpc) is 2.74. The largest absolute Gasteiger partial charge is 0.363 e. The van der Waals surface area contributed by atoms with E-state index in [1.165, 1.54) is 0 Å². The lowest BCUT2D eigenvalue weighted by molar-refractivity contribution is -0.134. The molecule has 30 heavy (non-hydrogen) atoms. The van der Waals surface area contributed by atoms with Gasteiger partial charge in [0.25, 0.3) is 0 Å². The Kier molecular flexibility index (Phi) is 7.03. The van der Waals surface area contributed by atoms with Crippen LogP contribution in [0.15, 0.2) is 36.4 Å². The van der Waals surface area contributed by atoms with Crippen LogP contribution in [-0.2, 0) is 22.6 Å². The molecular formula is C23H31N5O2. The van der Waals surface area contributed by atoms with Crippen LogP contribution >= 0.6 is 0 Å². The normalized spacial score (nSPS) is 16.3. The van der Waals surface area contributed by atoms with Crippen molar-refractivity contribution in [2.24, 2.45) is 0 Å². The topological polar surface area (TPSA) is 69.6 Å². The summed E-state index contributed by atoms with van der Waals surface area (Å²) in [6.45, 7) is 2.67. The van der Waals surface area contributed by atoms with Gasteiger partial charge >= 0.3 is 0 Å². The van der Waals surface area contributed by atoms with Gasteiger partial charge in [0.2, 0.25) is 11.8 Å². The maximum Gasteiger partial charge on any atom is 0.227 e. The van der Waals surface area contributed by atoms with Crippen molar-refractivity contribution in [1.82, 2.24) is 19.8 Å². The first-order chi connectivity index (χ1) is 14.3. The molecule has 160 valence electrons. The van der Waals surface area contributed by atoms with E-state index in [-0.39, 0.29) is 17.9 Å². The second-order valence-electron chi connectivity index (χ2n) is 8.11. The standard InChI is InChI=1S/C23H31N5O2/c1-17(29)27(4)16-19-15-21(26(2)3)25-23(24-19)20-12-8-9-13-28(20)22(30)14-18-10-6-5-7-11-18/h5-7,10-11,15,20H,8-9,12-14,16H2,1-4H3/t20-/m1/s1. The van der Waals surface area contributed by atoms with Crippen LogP contribution in [-0.4, -0.2) is 59.3 Å². The predicted octanol–water partition coefficient (Wildman–Crippen LogP) is 2.82. The Labute approximate surface area is 178 Å². The first-order valence-electron chi connectivity index (χ1n) is 10.5. The van der Waals surface area contributed by atoms with Crippen LogP contribution in [0.5, 0.6) is 0 Å². The molecule has 1 fully saturated rings. The van der Waals surface area contributed by atoms with Crippen LogP contribution in [0.2, 0.25) is 0 Å². The quantitative estimate of drug-likeness (QED) is 0.734. The molecule has 2 aromatic rings. The van der Waals surface area contributed by atoms with E-state index in [2.05, 4.69) is 0 Å². The van der Waals surface area contributed by atoms with Gasteiger partial charge in [-0.3, -0.25) is 9.59 Å². The molecule has 1 aliphatic heterocycles. The lowest BCUT2D eigenvalue weighted by Crippen LogP contribution is -2.40. The van der Waals surface area contributed by atoms with Crippen LogP contribution < -0.4 is 4.90 Å². The van der Waals surface area contributed by atoms with E-state index in [1.807, 2.05) is 60.3 Å². The van der Waals surface area contributed by atoms with E-state index < -0.39 is 0 Å². The zero-order valence-corrected chi connectivity index (χ0v) is 18.3. The summed E-state index contributed by atoms with van der Waals surface area (Å²) in [6.07, 6.45) is 3.26. The number of rotatable bonds is 6. The van der Waals surface area contributed by atoms with Crippen molar-refractivity contribution in [2.75, 3.05) is 32.6 Å². The predicted molar refractivity (Wildman–Crippen MR) is 117 cm³/mol. The monoisotopic (exact) mass is 409 g/mol. The summed E-state index contributed by atoms with van der Waals surface area (Å²) < 4.78 is 0. The fourth-order valence-corrected chi connectivity index (χ4v) is 3.69. The van der Waals surface area contributed by atoms with E-state index in [0.717, 1.165) is 36.3 Å². The lowest BCUT2D eigenvalue weighted by atomic mass is 9.99. The smallest absolute Gasteiger partial charge is 0.227 e. The molecule has 1 aromatic carbocycles. The van der Waals surface area contributed by atoms with Crippen LogP contribution in [0.4, 0.5) is 5.82 Å². The number of hydrogen-bond donors (Lipinski definition) is 0. The third kappa shape index (κ3) is 5.34. The Morgan fingerprint density at radius 2 is 1.83 bits per heavy atom. The molecule has 1 aromatic heterocycles. The molecule has 1 atom stereocenters. The molecule has 2 heterocycles. The Balaban J connectivity index is 1.89. The Morgan fingerprint density at radius 1 is 1.10 bits per heavy atom. The molecule has 7 heteroatoms. The molecule has 0 aliphatic carbocycles. The number of nitrogens with zero attached hydrogens (tertiary/aromatic N) is 5. The molecule has 0 unspecified atom stereocenters. The average molecular weight is 410 g/mol. The number of carbonyl (C=O) groups excluding carboxylic acids is 2. The van der Waals surface area contributed by atoms with Crippen molar-refractivity contribution >= 4 is 17.6 Å². The number of anilines is 1. The van der Waals surface area contributed by atoms with E-state index in [9.17, 15) is 9.59 Å². The molecule has 0 radical (unpaired) electrons. The summed E-state index contributed by atoms with van der Waals surface area (Å²) >= 11 is 0. The van der Waals surface area contributed by atoms with E-state index >= 15 is 0 Å². The van der Waals surface area contributed by atoms with Crippen molar-refractivity contribution in [1.29, 1.82) is 0 Å². The number of aromatic nitrogens is 2. The van der Waals surface area contributed by atoms with Gasteiger partial charge in [-0.15, -0.1) is 0 Å². The van der Waals surface area contributed by atoms with Crippen molar-refractivity contribution in [3.63, 3.8) is 0 Å². The van der Waals surface area contributed by atoms with E-state index in [4.69, 9.17) is 9.97 Å². The molecule has 7 nitrogen and oxygen atoms in total. The highest BCUT2D eigenvalue weighted by Crippen LogP contribution is 2.31. The van der Waals surface area contributed by atoms with Crippen LogP contribution in [0, 0.1) is 0 Å². The van der Waals surface area contributed by atoms with Gasteiger partial charge in [-0.05, 0) is 24.8 Å². The van der Waals surface area contributed by atoms with Gasteiger partial charge in [-0.2, -0.15) is 0 Å². The van der Waals surface area contributed by atoms with Crippen LogP contribution in [0.1, 0.15) is 49.3 Å². The SMILES string of the molecule is CC(=O)N(C)Cc1cc(N(C)C)nc([C@H]2CCCCN2C(=O)Cc2ccccc2)n1. The van der Waals surface area contributed by atoms with Crippen molar-refractivity contribution < 1.29 is 9.59 Å². The van der Waals surface area contributed by atoms with Gasteiger partial charge in [0.15, 0.2) is 5.82 Å². The Morgan fingerprint density at radius 3 is 2.50 bits per heavy atom. The minimum Gasteiger partial charge on any atom is -0.363 e. The minimum atomic E-state index is -0.142. The van der Waals surface area contributed by atoms with Crippen LogP contribution in [0.3, 0.4) is 0 Å². The summed E-state index contributed by atoms with van der Waals surface area (Å²) in [5.41, 5.74) is 1.79. The maximum atomic E-state index is 13.1. The van der Waals surface area contributed by atoms with Crippen LogP contribution in [0.25, 0.3) is 0 Å². The highest BCUT2D eigenvalue weighted by Gasteiger charge is 2.30. The number of benzene rings is 1. The second kappa shape index (κ2) is 9.69. The summed E-state index contributed by atoms with van der Waals surface area (Å²) in [7, 11) is 5.63. The molecule has 0 N–H and O–H groups in total. The Bertz CT molecular complexity index is 884. The summed E-state index contributed by atoms with van der Waals surface area (Å²) in [4.78, 5) is 39.9. The number of hydrogen-bond acceptors (Lipinski definition) is 5. The van der Waals surface area contributed by atoms with Gasteiger partial charge in [0.05, 0.1) is 24.7 Å². The zero-order chi connectivity index (χ0) is 21.7. The lowest BCUT2D eigenvalue weighted by Gasteiger charge is -2.35. The molecule has 0 saturated carbocycles. The van der Waals surface area contributed by atoms with Gasteiger partial charge in [-0.1, -0.05) is 30.3 Å². The highest BCUT2D eigenvalue weighted by molar-refractivity contribution is 5.79. The third-order valence-corrected chi connectivity index (χ3v) is 5.50. The van der Waals surface area contributed by atoms with Gasteiger partial charge < -0.3 is 14.7 Å². The fourth-order valence-electron chi connectivity index (χ4n) is 3.69. The maximum absolute atomic E-state index is 13.1. The molecule has 2 amide bonds. The third-order valence-electron chi connectivity index (χ3n) is 5.50. The highest BCUT2D eigenvalue weighted by atomic mass is 16.2. The fraction of sp³-hybridized carbons (Fsp3) is 0.478. The molecular weight excluding hydrogens is 378 g/mol. The summed E-state index contributed by atoms with van der Waals surface area (Å²) in [5, 5.41) is 0. The summed E-state index contributed by atoms with van der Waals surface area (Å²) in [6, 6.07) is 11.6. The van der Waals surface area contributed by atoms with Crippen molar-refractivity contribution in [3.05, 3.63) is 53.5 Å². The van der Waals surface area contributed by atoms with Gasteiger partial charge in [-0.25, -0.2) is 9.97 Å². The van der Waals surface area contributed by atoms with Crippen molar-refractivity contribution in [2.45, 2.75) is 45.2 Å². The minimum absolute atomic E-state index is 0.0149. The Hall–Kier alpha value is -2.96. The first-order valence-corrected chi connectivity index (χ1v) is 10.5. The molecule has 1 aliphatic rings.